The molecule has 1 aliphatic rings. The van der Waals surface area contributed by atoms with Crippen molar-refractivity contribution in [2.45, 2.75) is 19.3 Å². The molecule has 0 unspecified atom stereocenters. The Bertz CT molecular complexity index is 1050. The maximum atomic E-state index is 4.39. The van der Waals surface area contributed by atoms with E-state index < -0.39 is 0 Å². The van der Waals surface area contributed by atoms with Crippen LogP contribution < -0.4 is 0 Å². The van der Waals surface area contributed by atoms with Crippen LogP contribution in [0, 0.1) is 0 Å². The van der Waals surface area contributed by atoms with Crippen LogP contribution >= 0.6 is 0 Å². The lowest BCUT2D eigenvalue weighted by molar-refractivity contribution is 0.628. The molecule has 106 valence electrons. The largest absolute Gasteiger partial charge is 0.307 e. The van der Waals surface area contributed by atoms with Crippen LogP contribution in [0.15, 0.2) is 60.9 Å². The van der Waals surface area contributed by atoms with Gasteiger partial charge < -0.3 is 4.57 Å². The van der Waals surface area contributed by atoms with Gasteiger partial charge in [0.1, 0.15) is 0 Å². The van der Waals surface area contributed by atoms with Gasteiger partial charge in [-0.15, -0.1) is 0 Å². The fourth-order valence-corrected chi connectivity index (χ4v) is 4.01. The van der Waals surface area contributed by atoms with Crippen molar-refractivity contribution in [3.63, 3.8) is 0 Å². The quantitative estimate of drug-likeness (QED) is 0.453. The zero-order valence-corrected chi connectivity index (χ0v) is 12.7. The summed E-state index contributed by atoms with van der Waals surface area (Å²) in [5.74, 6) is 0. The molecule has 2 nitrogen and oxygen atoms in total. The van der Waals surface area contributed by atoms with E-state index in [1.54, 1.807) is 0 Å². The summed E-state index contributed by atoms with van der Waals surface area (Å²) in [7, 11) is 0. The van der Waals surface area contributed by atoms with Gasteiger partial charge in [-0.2, -0.15) is 0 Å². The molecule has 3 heterocycles. The van der Waals surface area contributed by atoms with E-state index in [-0.39, 0.29) is 5.41 Å². The summed E-state index contributed by atoms with van der Waals surface area (Å²) in [4.78, 5) is 4.39. The van der Waals surface area contributed by atoms with Crippen molar-refractivity contribution < 1.29 is 0 Å². The molecule has 4 aromatic rings. The van der Waals surface area contributed by atoms with Crippen LogP contribution in [0.2, 0.25) is 0 Å². The maximum Gasteiger partial charge on any atom is 0.0686 e. The molecule has 2 heteroatoms. The molecule has 0 saturated heterocycles. The number of rotatable bonds is 0. The molecule has 0 saturated carbocycles. The van der Waals surface area contributed by atoms with Gasteiger partial charge in [0.15, 0.2) is 0 Å². The third kappa shape index (κ3) is 1.24. The lowest BCUT2D eigenvalue weighted by Gasteiger charge is -2.34. The van der Waals surface area contributed by atoms with E-state index in [9.17, 15) is 0 Å². The lowest BCUT2D eigenvalue weighted by atomic mass is 9.75. The summed E-state index contributed by atoms with van der Waals surface area (Å²) >= 11 is 0. The second-order valence-corrected chi connectivity index (χ2v) is 6.57. The van der Waals surface area contributed by atoms with E-state index in [0.29, 0.717) is 0 Å². The minimum absolute atomic E-state index is 0.0117. The van der Waals surface area contributed by atoms with Gasteiger partial charge in [0.05, 0.1) is 22.9 Å². The van der Waals surface area contributed by atoms with Crippen molar-refractivity contribution in [2.24, 2.45) is 0 Å². The maximum absolute atomic E-state index is 4.39. The number of pyridine rings is 1. The van der Waals surface area contributed by atoms with E-state index in [0.717, 1.165) is 0 Å². The second-order valence-electron chi connectivity index (χ2n) is 6.57. The lowest BCUT2D eigenvalue weighted by Crippen LogP contribution is -2.26. The first-order valence-corrected chi connectivity index (χ1v) is 7.67. The highest BCUT2D eigenvalue weighted by Crippen LogP contribution is 2.46. The van der Waals surface area contributed by atoms with Gasteiger partial charge in [-0.05, 0) is 23.3 Å². The molecule has 0 amide bonds. The summed E-state index contributed by atoms with van der Waals surface area (Å²) in [6, 6.07) is 17.5. The molecule has 2 aromatic carbocycles. The number of fused-ring (bicyclic) bond motifs is 5. The molecule has 0 spiro atoms. The highest BCUT2D eigenvalue weighted by molar-refractivity contribution is 6.11. The van der Waals surface area contributed by atoms with Gasteiger partial charge in [-0.3, -0.25) is 4.98 Å². The normalized spacial score (nSPS) is 15.2. The Balaban J connectivity index is 2.15. The predicted octanol–water partition coefficient (Wildman–Crippen LogP) is 4.82. The Morgan fingerprint density at radius 2 is 1.68 bits per heavy atom. The zero-order valence-electron chi connectivity index (χ0n) is 12.7. The van der Waals surface area contributed by atoms with Gasteiger partial charge in [0.25, 0.3) is 0 Å². The molecule has 0 bridgehead atoms. The summed E-state index contributed by atoms with van der Waals surface area (Å²) in [5, 5.41) is 2.64. The van der Waals surface area contributed by atoms with Crippen LogP contribution in [-0.4, -0.2) is 9.55 Å². The number of hydrogen-bond donors (Lipinski definition) is 0. The monoisotopic (exact) mass is 284 g/mol. The zero-order chi connectivity index (χ0) is 14.9. The van der Waals surface area contributed by atoms with Crippen molar-refractivity contribution >= 4 is 21.8 Å². The van der Waals surface area contributed by atoms with E-state index in [2.05, 4.69) is 71.9 Å². The third-order valence-electron chi connectivity index (χ3n) is 5.08. The molecule has 22 heavy (non-hydrogen) atoms. The Hall–Kier alpha value is -2.61. The average molecular weight is 284 g/mol. The summed E-state index contributed by atoms with van der Waals surface area (Å²) in [6.45, 7) is 4.61. The molecule has 0 N–H and O–H groups in total. The van der Waals surface area contributed by atoms with Crippen molar-refractivity contribution in [3.05, 3.63) is 72.1 Å². The Morgan fingerprint density at radius 3 is 2.59 bits per heavy atom. The smallest absolute Gasteiger partial charge is 0.0686 e. The van der Waals surface area contributed by atoms with Gasteiger partial charge in [0, 0.05) is 22.4 Å². The van der Waals surface area contributed by atoms with Gasteiger partial charge in [-0.25, -0.2) is 0 Å². The molecule has 0 aliphatic carbocycles. The standard InChI is InChI=1S/C20H16N2/c1-20(2)15-10-11-21-12-18(15)22-17-9-4-3-6-13(17)14-7-5-8-16(20)19(14)22/h3-12H,1-2H3. The fourth-order valence-electron chi connectivity index (χ4n) is 4.01. The van der Waals surface area contributed by atoms with Crippen LogP contribution in [-0.2, 0) is 5.41 Å². The first-order valence-electron chi connectivity index (χ1n) is 7.67. The van der Waals surface area contributed by atoms with Gasteiger partial charge >= 0.3 is 0 Å². The average Bonchev–Trinajstić information content (AvgIpc) is 2.88. The Labute approximate surface area is 129 Å². The first-order chi connectivity index (χ1) is 10.7. The fraction of sp³-hybridized carbons (Fsp3) is 0.150. The second kappa shape index (κ2) is 3.77. The van der Waals surface area contributed by atoms with E-state index in [1.165, 1.54) is 38.6 Å². The van der Waals surface area contributed by atoms with Crippen LogP contribution in [0.1, 0.15) is 25.0 Å². The summed E-state index contributed by atoms with van der Waals surface area (Å²) in [5.41, 5.74) is 6.51. The molecule has 1 aliphatic heterocycles. The van der Waals surface area contributed by atoms with Crippen LogP contribution in [0.25, 0.3) is 27.5 Å². The summed E-state index contributed by atoms with van der Waals surface area (Å²) in [6.07, 6.45) is 3.90. The Morgan fingerprint density at radius 1 is 0.864 bits per heavy atom. The SMILES string of the molecule is CC1(C)c2ccncc2-n2c3ccccc3c3cccc1c32. The predicted molar refractivity (Wildman–Crippen MR) is 90.7 cm³/mol. The van der Waals surface area contributed by atoms with Crippen LogP contribution in [0.5, 0.6) is 0 Å². The Kier molecular flexibility index (Phi) is 2.06. The van der Waals surface area contributed by atoms with Crippen LogP contribution in [0.3, 0.4) is 0 Å². The number of nitrogens with zero attached hydrogens (tertiary/aromatic N) is 2. The number of para-hydroxylation sites is 2. The van der Waals surface area contributed by atoms with Crippen molar-refractivity contribution in [3.8, 4) is 5.69 Å². The van der Waals surface area contributed by atoms with Crippen molar-refractivity contribution in [1.82, 2.24) is 9.55 Å². The molecule has 0 radical (unpaired) electrons. The number of hydrogen-bond acceptors (Lipinski definition) is 1. The van der Waals surface area contributed by atoms with E-state index in [1.807, 2.05) is 12.4 Å². The minimum atomic E-state index is -0.0117. The van der Waals surface area contributed by atoms with Gasteiger partial charge in [0.2, 0.25) is 0 Å². The third-order valence-corrected chi connectivity index (χ3v) is 5.08. The first kappa shape index (κ1) is 12.0. The molecule has 0 fully saturated rings. The number of benzene rings is 2. The molecule has 0 atom stereocenters. The van der Waals surface area contributed by atoms with Crippen molar-refractivity contribution in [2.75, 3.05) is 0 Å². The molecule has 2 aromatic heterocycles. The van der Waals surface area contributed by atoms with Gasteiger partial charge in [-0.1, -0.05) is 50.2 Å². The van der Waals surface area contributed by atoms with E-state index >= 15 is 0 Å². The number of aromatic nitrogens is 2. The topological polar surface area (TPSA) is 17.8 Å². The highest BCUT2D eigenvalue weighted by Gasteiger charge is 2.34. The van der Waals surface area contributed by atoms with Crippen LogP contribution in [0.4, 0.5) is 0 Å². The van der Waals surface area contributed by atoms with E-state index in [4.69, 9.17) is 0 Å². The molecular weight excluding hydrogens is 268 g/mol. The molecule has 5 rings (SSSR count). The highest BCUT2D eigenvalue weighted by atomic mass is 15.0. The van der Waals surface area contributed by atoms with Crippen molar-refractivity contribution in [1.29, 1.82) is 0 Å². The minimum Gasteiger partial charge on any atom is -0.307 e. The summed E-state index contributed by atoms with van der Waals surface area (Å²) < 4.78 is 2.38. The molecular formula is C20H16N2.